The lowest BCUT2D eigenvalue weighted by Gasteiger charge is -2.20. The Labute approximate surface area is 169 Å². The number of ether oxygens (including phenoxy) is 1. The van der Waals surface area contributed by atoms with Gasteiger partial charge in [0.2, 0.25) is 5.91 Å². The number of sulfone groups is 1. The molecule has 0 bridgehead atoms. The normalized spacial score (nSPS) is 13.6. The molecule has 0 heterocycles. The highest BCUT2D eigenvalue weighted by Gasteiger charge is 2.17. The standard InChI is InChI=1S/C19H32N2O4S.ClH/c1-13(2)10-15(4)25-18-11-14(3)6-7-16(18)12-21-19(22)17(20)8-9-26(5,23)24;/h6-7,11,13,15,17H,8-10,12,20H2,1-5H3,(H,21,22);1H. The van der Waals surface area contributed by atoms with E-state index in [1.165, 1.54) is 0 Å². The summed E-state index contributed by atoms with van der Waals surface area (Å²) >= 11 is 0. The maximum Gasteiger partial charge on any atom is 0.237 e. The van der Waals surface area contributed by atoms with Gasteiger partial charge in [-0.05, 0) is 44.2 Å². The van der Waals surface area contributed by atoms with Gasteiger partial charge in [-0.1, -0.05) is 26.0 Å². The fraction of sp³-hybridized carbons (Fsp3) is 0.632. The summed E-state index contributed by atoms with van der Waals surface area (Å²) in [5.41, 5.74) is 7.73. The molecule has 3 N–H and O–H groups in total. The second kappa shape index (κ2) is 11.5. The maximum atomic E-state index is 12.1. The maximum absolute atomic E-state index is 12.1. The van der Waals surface area contributed by atoms with Crippen LogP contribution in [0.2, 0.25) is 0 Å². The van der Waals surface area contributed by atoms with Crippen molar-refractivity contribution in [1.29, 1.82) is 0 Å². The minimum Gasteiger partial charge on any atom is -0.490 e. The zero-order valence-electron chi connectivity index (χ0n) is 16.8. The number of aryl methyl sites for hydroxylation is 1. The van der Waals surface area contributed by atoms with Crippen LogP contribution in [0.3, 0.4) is 0 Å². The van der Waals surface area contributed by atoms with Crippen molar-refractivity contribution in [2.24, 2.45) is 11.7 Å². The molecule has 0 aromatic heterocycles. The zero-order valence-corrected chi connectivity index (χ0v) is 18.5. The van der Waals surface area contributed by atoms with Crippen LogP contribution in [-0.2, 0) is 21.2 Å². The molecular formula is C19H33ClN2O4S. The average molecular weight is 421 g/mol. The highest BCUT2D eigenvalue weighted by atomic mass is 35.5. The van der Waals surface area contributed by atoms with Crippen LogP contribution in [0.5, 0.6) is 5.75 Å². The Morgan fingerprint density at radius 3 is 2.44 bits per heavy atom. The minimum atomic E-state index is -3.13. The number of halogens is 1. The molecule has 0 saturated heterocycles. The predicted molar refractivity (Wildman–Crippen MR) is 112 cm³/mol. The first-order chi connectivity index (χ1) is 12.0. The van der Waals surface area contributed by atoms with Gasteiger partial charge in [-0.3, -0.25) is 4.79 Å². The Kier molecular flexibility index (Phi) is 11.0. The van der Waals surface area contributed by atoms with Crippen LogP contribution in [0, 0.1) is 12.8 Å². The molecule has 1 amide bonds. The van der Waals surface area contributed by atoms with Crippen molar-refractivity contribution < 1.29 is 17.9 Å². The number of nitrogens with two attached hydrogens (primary N) is 1. The predicted octanol–water partition coefficient (Wildman–Crippen LogP) is 2.61. The summed E-state index contributed by atoms with van der Waals surface area (Å²) < 4.78 is 28.4. The molecule has 0 radical (unpaired) electrons. The summed E-state index contributed by atoms with van der Waals surface area (Å²) in [6.45, 7) is 8.61. The number of carbonyl (C=O) groups is 1. The number of rotatable bonds is 10. The molecule has 0 saturated carbocycles. The van der Waals surface area contributed by atoms with Crippen molar-refractivity contribution in [2.45, 2.75) is 59.2 Å². The van der Waals surface area contributed by atoms with Crippen LogP contribution < -0.4 is 15.8 Å². The van der Waals surface area contributed by atoms with Crippen molar-refractivity contribution in [3.63, 3.8) is 0 Å². The van der Waals surface area contributed by atoms with Gasteiger partial charge in [0.25, 0.3) is 0 Å². The first-order valence-corrected chi connectivity index (χ1v) is 11.0. The van der Waals surface area contributed by atoms with Crippen LogP contribution in [0.1, 0.15) is 44.7 Å². The van der Waals surface area contributed by atoms with Gasteiger partial charge in [0.1, 0.15) is 15.6 Å². The molecule has 8 heteroatoms. The van der Waals surface area contributed by atoms with E-state index >= 15 is 0 Å². The lowest BCUT2D eigenvalue weighted by atomic mass is 10.1. The molecule has 1 rings (SSSR count). The summed E-state index contributed by atoms with van der Waals surface area (Å²) in [5.74, 6) is 0.817. The van der Waals surface area contributed by atoms with Crippen molar-refractivity contribution in [1.82, 2.24) is 5.32 Å². The number of carbonyl (C=O) groups excluding carboxylic acids is 1. The summed E-state index contributed by atoms with van der Waals surface area (Å²) in [7, 11) is -3.13. The lowest BCUT2D eigenvalue weighted by molar-refractivity contribution is -0.122. The van der Waals surface area contributed by atoms with Crippen LogP contribution in [0.4, 0.5) is 0 Å². The van der Waals surface area contributed by atoms with E-state index in [-0.39, 0.29) is 43.1 Å². The van der Waals surface area contributed by atoms with Crippen molar-refractivity contribution in [2.75, 3.05) is 12.0 Å². The van der Waals surface area contributed by atoms with Crippen molar-refractivity contribution in [3.05, 3.63) is 29.3 Å². The Morgan fingerprint density at radius 1 is 1.26 bits per heavy atom. The molecule has 6 nitrogen and oxygen atoms in total. The Bertz CT molecular complexity index is 708. The number of nitrogens with one attached hydrogen (secondary N) is 1. The van der Waals surface area contributed by atoms with E-state index in [0.29, 0.717) is 5.92 Å². The molecule has 0 aliphatic carbocycles. The SMILES string of the molecule is Cc1ccc(CNC(=O)C(N)CCS(C)(=O)=O)c(OC(C)CC(C)C)c1.Cl. The highest BCUT2D eigenvalue weighted by molar-refractivity contribution is 7.90. The van der Waals surface area contributed by atoms with Gasteiger partial charge in [0, 0.05) is 18.4 Å². The third-order valence-corrected chi connectivity index (χ3v) is 4.92. The third-order valence-electron chi connectivity index (χ3n) is 3.94. The Morgan fingerprint density at radius 2 is 1.89 bits per heavy atom. The molecule has 0 aliphatic heterocycles. The molecule has 0 spiro atoms. The molecule has 1 aromatic rings. The topological polar surface area (TPSA) is 98.5 Å². The third kappa shape index (κ3) is 10.6. The van der Waals surface area contributed by atoms with Gasteiger partial charge in [0.05, 0.1) is 17.9 Å². The largest absolute Gasteiger partial charge is 0.490 e. The van der Waals surface area contributed by atoms with E-state index in [1.807, 2.05) is 32.0 Å². The van der Waals surface area contributed by atoms with E-state index in [2.05, 4.69) is 19.2 Å². The lowest BCUT2D eigenvalue weighted by Crippen LogP contribution is -2.41. The van der Waals surface area contributed by atoms with E-state index in [1.54, 1.807) is 0 Å². The van der Waals surface area contributed by atoms with Gasteiger partial charge >= 0.3 is 0 Å². The van der Waals surface area contributed by atoms with E-state index in [0.717, 1.165) is 29.6 Å². The second-order valence-corrected chi connectivity index (χ2v) is 9.67. The summed E-state index contributed by atoms with van der Waals surface area (Å²) in [5, 5.41) is 2.77. The molecule has 1 aromatic carbocycles. The quantitative estimate of drug-likeness (QED) is 0.606. The Balaban J connectivity index is 0.00000676. The fourth-order valence-corrected chi connectivity index (χ4v) is 3.31. The van der Waals surface area contributed by atoms with E-state index in [4.69, 9.17) is 10.5 Å². The molecule has 2 atom stereocenters. The molecule has 156 valence electrons. The zero-order chi connectivity index (χ0) is 19.9. The van der Waals surface area contributed by atoms with Gasteiger partial charge < -0.3 is 15.8 Å². The number of benzene rings is 1. The van der Waals surface area contributed by atoms with Crippen molar-refractivity contribution >= 4 is 28.2 Å². The van der Waals surface area contributed by atoms with Crippen molar-refractivity contribution in [3.8, 4) is 5.75 Å². The smallest absolute Gasteiger partial charge is 0.237 e. The van der Waals surface area contributed by atoms with E-state index in [9.17, 15) is 13.2 Å². The van der Waals surface area contributed by atoms with Gasteiger partial charge in [-0.15, -0.1) is 12.4 Å². The summed E-state index contributed by atoms with van der Waals surface area (Å²) in [4.78, 5) is 12.1. The van der Waals surface area contributed by atoms with Gasteiger partial charge in [-0.25, -0.2) is 8.42 Å². The van der Waals surface area contributed by atoms with Crippen LogP contribution in [0.15, 0.2) is 18.2 Å². The summed E-state index contributed by atoms with van der Waals surface area (Å²) in [6, 6.07) is 5.00. The molecule has 0 aliphatic rings. The fourth-order valence-electron chi connectivity index (χ4n) is 2.63. The van der Waals surface area contributed by atoms with Crippen LogP contribution in [-0.4, -0.2) is 38.5 Å². The first kappa shape index (κ1) is 25.7. The number of amides is 1. The Hall–Kier alpha value is -1.31. The number of hydrogen-bond donors (Lipinski definition) is 2. The second-order valence-electron chi connectivity index (χ2n) is 7.41. The molecule has 27 heavy (non-hydrogen) atoms. The van der Waals surface area contributed by atoms with Gasteiger partial charge in [0.15, 0.2) is 0 Å². The van der Waals surface area contributed by atoms with Crippen LogP contribution >= 0.6 is 12.4 Å². The van der Waals surface area contributed by atoms with Crippen LogP contribution in [0.25, 0.3) is 0 Å². The highest BCUT2D eigenvalue weighted by Crippen LogP contribution is 2.23. The molecular weight excluding hydrogens is 388 g/mol. The van der Waals surface area contributed by atoms with Gasteiger partial charge in [-0.2, -0.15) is 0 Å². The minimum absolute atomic E-state index is 0. The average Bonchev–Trinajstić information content (AvgIpc) is 2.49. The number of hydrogen-bond acceptors (Lipinski definition) is 5. The molecule has 0 fully saturated rings. The molecule has 2 unspecified atom stereocenters. The first-order valence-electron chi connectivity index (χ1n) is 8.95. The monoisotopic (exact) mass is 420 g/mol. The summed E-state index contributed by atoms with van der Waals surface area (Å²) in [6.07, 6.45) is 2.25. The van der Waals surface area contributed by atoms with E-state index < -0.39 is 15.9 Å².